The number of thiophene rings is 1. The van der Waals surface area contributed by atoms with Gasteiger partial charge in [0.15, 0.2) is 0 Å². The molecule has 3 rings (SSSR count). The maximum Gasteiger partial charge on any atom is 0.251 e. The van der Waals surface area contributed by atoms with Gasteiger partial charge in [-0.2, -0.15) is 11.3 Å². The minimum Gasteiger partial charge on any atom is -0.349 e. The summed E-state index contributed by atoms with van der Waals surface area (Å²) < 4.78 is 0. The van der Waals surface area contributed by atoms with Gasteiger partial charge in [-0.15, -0.1) is 0 Å². The molecule has 1 N–H and O–H groups in total. The number of nitrogens with zero attached hydrogens (tertiary/aromatic N) is 2. The number of amides is 1. The number of hydrogen-bond acceptors (Lipinski definition) is 4. The molecule has 2 heterocycles. The second-order valence-electron chi connectivity index (χ2n) is 5.81. The Bertz CT molecular complexity index is 843. The van der Waals surface area contributed by atoms with Crippen molar-refractivity contribution in [2.45, 2.75) is 33.2 Å². The van der Waals surface area contributed by atoms with E-state index in [1.165, 1.54) is 5.56 Å². The quantitative estimate of drug-likeness (QED) is 0.796. The van der Waals surface area contributed by atoms with Crippen molar-refractivity contribution in [2.75, 3.05) is 0 Å². The minimum absolute atomic E-state index is 0.0744. The van der Waals surface area contributed by atoms with Crippen LogP contribution in [0.4, 0.5) is 0 Å². The first-order chi connectivity index (χ1) is 11.0. The van der Waals surface area contributed by atoms with E-state index in [1.54, 1.807) is 23.5 Å². The van der Waals surface area contributed by atoms with Crippen molar-refractivity contribution in [1.29, 1.82) is 0 Å². The number of hydrogen-bond donors (Lipinski definition) is 1. The largest absolute Gasteiger partial charge is 0.349 e. The number of nitrogens with one attached hydrogen (secondary N) is 1. The van der Waals surface area contributed by atoms with Gasteiger partial charge in [-0.25, -0.2) is 9.97 Å². The molecule has 4 nitrogen and oxygen atoms in total. The van der Waals surface area contributed by atoms with Crippen LogP contribution in [0, 0.1) is 13.8 Å². The fraction of sp³-hybridized carbons (Fsp3) is 0.278. The first kappa shape index (κ1) is 15.6. The van der Waals surface area contributed by atoms with Crippen molar-refractivity contribution < 1.29 is 4.79 Å². The normalized spacial score (nSPS) is 12.3. The van der Waals surface area contributed by atoms with Crippen LogP contribution < -0.4 is 5.32 Å². The number of benzene rings is 1. The SMILES string of the molecule is Cc1nc2ccc(C(=O)N[C@H](C)Cc3ccsc3)cc2nc1C. The monoisotopic (exact) mass is 325 g/mol. The average Bonchev–Trinajstić information content (AvgIpc) is 3.00. The zero-order chi connectivity index (χ0) is 16.4. The third kappa shape index (κ3) is 3.56. The molecule has 0 bridgehead atoms. The summed E-state index contributed by atoms with van der Waals surface area (Å²) in [4.78, 5) is 21.4. The topological polar surface area (TPSA) is 54.9 Å². The van der Waals surface area contributed by atoms with E-state index < -0.39 is 0 Å². The van der Waals surface area contributed by atoms with E-state index in [1.807, 2.05) is 26.8 Å². The highest BCUT2D eigenvalue weighted by atomic mass is 32.1. The summed E-state index contributed by atoms with van der Waals surface area (Å²) in [5.41, 5.74) is 5.24. The molecule has 23 heavy (non-hydrogen) atoms. The molecule has 0 aliphatic rings. The van der Waals surface area contributed by atoms with E-state index in [-0.39, 0.29) is 11.9 Å². The Morgan fingerprint density at radius 3 is 2.61 bits per heavy atom. The van der Waals surface area contributed by atoms with Crippen LogP contribution in [-0.4, -0.2) is 21.9 Å². The summed E-state index contributed by atoms with van der Waals surface area (Å²) in [5.74, 6) is -0.0744. The van der Waals surface area contributed by atoms with Gasteiger partial charge in [-0.1, -0.05) is 0 Å². The van der Waals surface area contributed by atoms with Crippen LogP contribution in [-0.2, 0) is 6.42 Å². The Morgan fingerprint density at radius 1 is 1.17 bits per heavy atom. The van der Waals surface area contributed by atoms with Crippen molar-refractivity contribution in [3.63, 3.8) is 0 Å². The number of aromatic nitrogens is 2. The smallest absolute Gasteiger partial charge is 0.251 e. The molecule has 1 amide bonds. The zero-order valence-electron chi connectivity index (χ0n) is 13.5. The molecule has 2 aromatic heterocycles. The van der Waals surface area contributed by atoms with Gasteiger partial charge in [0.2, 0.25) is 0 Å². The second-order valence-corrected chi connectivity index (χ2v) is 6.59. The van der Waals surface area contributed by atoms with Crippen LogP contribution >= 0.6 is 11.3 Å². The van der Waals surface area contributed by atoms with Gasteiger partial charge >= 0.3 is 0 Å². The summed E-state index contributed by atoms with van der Waals surface area (Å²) in [6, 6.07) is 7.63. The first-order valence-corrected chi connectivity index (χ1v) is 8.54. The summed E-state index contributed by atoms with van der Waals surface area (Å²) in [6.07, 6.45) is 0.834. The molecule has 1 aromatic carbocycles. The van der Waals surface area contributed by atoms with Crippen molar-refractivity contribution in [2.24, 2.45) is 0 Å². The predicted molar refractivity (Wildman–Crippen MR) is 94.0 cm³/mol. The molecule has 118 valence electrons. The summed E-state index contributed by atoms with van der Waals surface area (Å²) in [5, 5.41) is 7.20. The fourth-order valence-corrected chi connectivity index (χ4v) is 3.17. The first-order valence-electron chi connectivity index (χ1n) is 7.60. The van der Waals surface area contributed by atoms with E-state index in [4.69, 9.17) is 0 Å². The van der Waals surface area contributed by atoms with Crippen LogP contribution in [0.15, 0.2) is 35.0 Å². The van der Waals surface area contributed by atoms with Gasteiger partial charge in [0.1, 0.15) is 0 Å². The fourth-order valence-electron chi connectivity index (χ4n) is 2.49. The molecule has 0 aliphatic heterocycles. The highest BCUT2D eigenvalue weighted by molar-refractivity contribution is 7.07. The molecule has 1 atom stereocenters. The molecule has 0 spiro atoms. The average molecular weight is 325 g/mol. The van der Waals surface area contributed by atoms with E-state index in [0.717, 1.165) is 28.8 Å². The Morgan fingerprint density at radius 2 is 1.91 bits per heavy atom. The summed E-state index contributed by atoms with van der Waals surface area (Å²) >= 11 is 1.67. The Kier molecular flexibility index (Phi) is 4.39. The third-order valence-electron chi connectivity index (χ3n) is 3.84. The molecular weight excluding hydrogens is 306 g/mol. The van der Waals surface area contributed by atoms with Crippen molar-refractivity contribution in [1.82, 2.24) is 15.3 Å². The summed E-state index contributed by atoms with van der Waals surface area (Å²) in [7, 11) is 0. The molecule has 0 fully saturated rings. The highest BCUT2D eigenvalue weighted by Crippen LogP contribution is 2.15. The molecule has 0 saturated carbocycles. The van der Waals surface area contributed by atoms with Gasteiger partial charge in [0, 0.05) is 11.6 Å². The minimum atomic E-state index is -0.0744. The maximum atomic E-state index is 12.4. The van der Waals surface area contributed by atoms with Crippen molar-refractivity contribution >= 4 is 28.3 Å². The molecule has 0 unspecified atom stereocenters. The van der Waals surface area contributed by atoms with Crippen molar-refractivity contribution in [3.05, 3.63) is 57.5 Å². The molecule has 0 saturated heterocycles. The van der Waals surface area contributed by atoms with E-state index in [9.17, 15) is 4.79 Å². The highest BCUT2D eigenvalue weighted by Gasteiger charge is 2.12. The summed E-state index contributed by atoms with van der Waals surface area (Å²) in [6.45, 7) is 5.88. The molecule has 0 radical (unpaired) electrons. The molecular formula is C18H19N3OS. The van der Waals surface area contributed by atoms with Gasteiger partial charge in [0.25, 0.3) is 5.91 Å². The van der Waals surface area contributed by atoms with Crippen LogP contribution in [0.3, 0.4) is 0 Å². The third-order valence-corrected chi connectivity index (χ3v) is 4.57. The standard InChI is InChI=1S/C18H19N3OS/c1-11(8-14-6-7-23-10-14)19-18(22)15-4-5-16-17(9-15)21-13(3)12(2)20-16/h4-7,9-11H,8H2,1-3H3,(H,19,22)/t11-/m1/s1. The number of fused-ring (bicyclic) bond motifs is 1. The molecule has 5 heteroatoms. The zero-order valence-corrected chi connectivity index (χ0v) is 14.3. The van der Waals surface area contributed by atoms with Gasteiger partial charge in [-0.05, 0) is 67.8 Å². The number of carbonyl (C=O) groups is 1. The van der Waals surface area contributed by atoms with E-state index in [2.05, 4.69) is 32.1 Å². The lowest BCUT2D eigenvalue weighted by atomic mass is 10.1. The van der Waals surface area contributed by atoms with Gasteiger partial charge < -0.3 is 5.32 Å². The number of rotatable bonds is 4. The van der Waals surface area contributed by atoms with Crippen LogP contribution in [0.1, 0.15) is 34.2 Å². The predicted octanol–water partition coefficient (Wildman–Crippen LogP) is 3.67. The lowest BCUT2D eigenvalue weighted by Crippen LogP contribution is -2.34. The number of aryl methyl sites for hydroxylation is 2. The molecule has 0 aliphatic carbocycles. The lowest BCUT2D eigenvalue weighted by molar-refractivity contribution is 0.0940. The molecule has 3 aromatic rings. The second kappa shape index (κ2) is 6.46. The van der Waals surface area contributed by atoms with Gasteiger partial charge in [0.05, 0.1) is 22.4 Å². The van der Waals surface area contributed by atoms with E-state index in [0.29, 0.717) is 5.56 Å². The van der Waals surface area contributed by atoms with Crippen LogP contribution in [0.2, 0.25) is 0 Å². The lowest BCUT2D eigenvalue weighted by Gasteiger charge is -2.13. The van der Waals surface area contributed by atoms with Crippen LogP contribution in [0.5, 0.6) is 0 Å². The maximum absolute atomic E-state index is 12.4. The number of carbonyl (C=O) groups excluding carboxylic acids is 1. The van der Waals surface area contributed by atoms with Gasteiger partial charge in [-0.3, -0.25) is 4.79 Å². The Balaban J connectivity index is 1.76. The Hall–Kier alpha value is -2.27. The van der Waals surface area contributed by atoms with Crippen molar-refractivity contribution in [3.8, 4) is 0 Å². The van der Waals surface area contributed by atoms with E-state index >= 15 is 0 Å². The Labute approximate surface area is 139 Å². The van der Waals surface area contributed by atoms with Crippen LogP contribution in [0.25, 0.3) is 11.0 Å².